The van der Waals surface area contributed by atoms with Crippen LogP contribution in [0.4, 0.5) is 24.7 Å². The molecule has 3 aromatic rings. The molecule has 0 bridgehead atoms. The second kappa shape index (κ2) is 7.95. The van der Waals surface area contributed by atoms with E-state index >= 15 is 0 Å². The first kappa shape index (κ1) is 20.4. The fraction of sp³-hybridized carbons (Fsp3) is 0.278. The number of anilines is 2. The molecule has 0 fully saturated rings. The summed E-state index contributed by atoms with van der Waals surface area (Å²) in [5.74, 6) is -0.296. The number of aromatic amines is 1. The van der Waals surface area contributed by atoms with Gasteiger partial charge in [0.2, 0.25) is 0 Å². The maximum atomic E-state index is 12.8. The number of aryl methyl sites for hydroxylation is 1. The third kappa shape index (κ3) is 4.40. The molecule has 8 nitrogen and oxygen atoms in total. The van der Waals surface area contributed by atoms with Crippen LogP contribution in [0.1, 0.15) is 16.8 Å². The average Bonchev–Trinajstić information content (AvgIpc) is 3.09. The number of halogens is 3. The van der Waals surface area contributed by atoms with Crippen molar-refractivity contribution in [2.75, 3.05) is 18.5 Å². The van der Waals surface area contributed by atoms with E-state index in [4.69, 9.17) is 9.84 Å². The highest BCUT2D eigenvalue weighted by Crippen LogP contribution is 2.39. The normalized spacial score (nSPS) is 11.5. The van der Waals surface area contributed by atoms with Crippen LogP contribution in [0.15, 0.2) is 33.6 Å². The number of aliphatic hydroxyl groups is 1. The molecule has 29 heavy (non-hydrogen) atoms. The Hall–Kier alpha value is -3.34. The minimum Gasteiger partial charge on any atom is -0.490 e. The summed E-state index contributed by atoms with van der Waals surface area (Å²) >= 11 is 0. The summed E-state index contributed by atoms with van der Waals surface area (Å²) in [5, 5.41) is 15.7. The Labute approximate surface area is 162 Å². The van der Waals surface area contributed by atoms with E-state index in [0.717, 1.165) is 12.1 Å². The lowest BCUT2D eigenvalue weighted by Crippen LogP contribution is -2.09. The Morgan fingerprint density at radius 1 is 1.24 bits per heavy atom. The van der Waals surface area contributed by atoms with Crippen molar-refractivity contribution in [3.8, 4) is 17.1 Å². The van der Waals surface area contributed by atoms with Crippen LogP contribution in [0.25, 0.3) is 11.4 Å². The van der Waals surface area contributed by atoms with Crippen molar-refractivity contribution in [3.05, 3.63) is 51.6 Å². The zero-order valence-corrected chi connectivity index (χ0v) is 15.4. The van der Waals surface area contributed by atoms with Crippen molar-refractivity contribution < 1.29 is 27.5 Å². The molecule has 0 aliphatic heterocycles. The van der Waals surface area contributed by atoms with Crippen molar-refractivity contribution >= 4 is 11.5 Å². The third-order valence-electron chi connectivity index (χ3n) is 4.12. The number of nitrogens with zero attached hydrogens (tertiary/aromatic N) is 2. The highest BCUT2D eigenvalue weighted by molar-refractivity contribution is 5.81. The maximum absolute atomic E-state index is 12.8. The number of hydrogen-bond acceptors (Lipinski definition) is 7. The van der Waals surface area contributed by atoms with Crippen molar-refractivity contribution in [2.45, 2.75) is 20.0 Å². The Morgan fingerprint density at radius 2 is 1.93 bits per heavy atom. The first-order valence-electron chi connectivity index (χ1n) is 8.46. The number of nitrogens with one attached hydrogen (secondary N) is 2. The number of ether oxygens (including phenoxy) is 1. The topological polar surface area (TPSA) is 113 Å². The second-order valence-electron chi connectivity index (χ2n) is 6.09. The van der Waals surface area contributed by atoms with Crippen LogP contribution in [0, 0.1) is 13.8 Å². The van der Waals surface area contributed by atoms with Gasteiger partial charge in [0.15, 0.2) is 5.82 Å². The third-order valence-corrected chi connectivity index (χ3v) is 4.12. The van der Waals surface area contributed by atoms with Gasteiger partial charge in [-0.3, -0.25) is 9.51 Å². The molecule has 3 N–H and O–H groups in total. The Morgan fingerprint density at radius 3 is 2.48 bits per heavy atom. The van der Waals surface area contributed by atoms with Crippen LogP contribution in [0.2, 0.25) is 0 Å². The van der Waals surface area contributed by atoms with Gasteiger partial charge in [-0.2, -0.15) is 13.2 Å². The molecule has 0 unspecified atom stereocenters. The smallest absolute Gasteiger partial charge is 0.439 e. The second-order valence-corrected chi connectivity index (χ2v) is 6.09. The first-order valence-corrected chi connectivity index (χ1v) is 8.46. The highest BCUT2D eigenvalue weighted by atomic mass is 19.4. The van der Waals surface area contributed by atoms with Gasteiger partial charge >= 0.3 is 11.9 Å². The molecule has 0 aliphatic carbocycles. The molecule has 0 saturated carbocycles. The zero-order valence-electron chi connectivity index (χ0n) is 15.4. The van der Waals surface area contributed by atoms with Crippen molar-refractivity contribution in [3.63, 3.8) is 0 Å². The zero-order chi connectivity index (χ0) is 21.2. The molecular weight excluding hydrogens is 393 g/mol. The van der Waals surface area contributed by atoms with Crippen LogP contribution < -0.4 is 15.8 Å². The lowest BCUT2D eigenvalue weighted by Gasteiger charge is -2.18. The molecule has 0 amide bonds. The van der Waals surface area contributed by atoms with Gasteiger partial charge in [-0.15, -0.1) is 0 Å². The lowest BCUT2D eigenvalue weighted by molar-refractivity contribution is -0.137. The highest BCUT2D eigenvalue weighted by Gasteiger charge is 2.30. The van der Waals surface area contributed by atoms with Gasteiger partial charge in [-0.05, 0) is 38.1 Å². The van der Waals surface area contributed by atoms with E-state index in [0.29, 0.717) is 22.7 Å². The molecule has 3 rings (SSSR count). The van der Waals surface area contributed by atoms with E-state index < -0.39 is 17.5 Å². The molecule has 0 spiro atoms. The molecule has 1 aromatic carbocycles. The van der Waals surface area contributed by atoms with Gasteiger partial charge in [-0.25, -0.2) is 9.78 Å². The van der Waals surface area contributed by atoms with Crippen LogP contribution in [-0.2, 0) is 6.18 Å². The van der Waals surface area contributed by atoms with Crippen LogP contribution in [0.5, 0.6) is 5.75 Å². The quantitative estimate of drug-likeness (QED) is 0.572. The van der Waals surface area contributed by atoms with E-state index in [-0.39, 0.29) is 30.4 Å². The summed E-state index contributed by atoms with van der Waals surface area (Å²) in [7, 11) is 0. The molecule has 0 saturated heterocycles. The number of rotatable bonds is 6. The molecule has 11 heteroatoms. The molecule has 0 aliphatic rings. The number of benzene rings is 1. The molecule has 0 atom stereocenters. The van der Waals surface area contributed by atoms with Crippen LogP contribution in [-0.4, -0.2) is 33.4 Å². The van der Waals surface area contributed by atoms with E-state index in [1.54, 1.807) is 13.8 Å². The largest absolute Gasteiger partial charge is 0.490 e. The van der Waals surface area contributed by atoms with E-state index in [9.17, 15) is 18.0 Å². The van der Waals surface area contributed by atoms with Gasteiger partial charge in [0, 0.05) is 16.9 Å². The number of H-pyrrole nitrogens is 1. The standard InChI is InChI=1S/C18H17F3N4O4/c1-9-10(2)22-15(23-12-5-3-11(4-6-12)18(19,20)21)13(14(9)28-8-7-26)16-24-17(27)29-25-16/h3-6,26H,7-8H2,1-2H3,(H,22,23)(H,24,25,27). The number of aromatic nitrogens is 3. The predicted molar refractivity (Wildman–Crippen MR) is 97.1 cm³/mol. The first-order chi connectivity index (χ1) is 13.7. The molecular formula is C18H17F3N4O4. The van der Waals surface area contributed by atoms with E-state index in [1.807, 2.05) is 0 Å². The summed E-state index contributed by atoms with van der Waals surface area (Å²) in [6.07, 6.45) is -4.45. The summed E-state index contributed by atoms with van der Waals surface area (Å²) in [4.78, 5) is 18.2. The summed E-state index contributed by atoms with van der Waals surface area (Å²) in [6, 6.07) is 4.38. The Balaban J connectivity index is 2.09. The minimum atomic E-state index is -4.45. The van der Waals surface area contributed by atoms with Gasteiger partial charge in [0.1, 0.15) is 23.7 Å². The monoisotopic (exact) mass is 410 g/mol. The average molecular weight is 410 g/mol. The molecule has 2 heterocycles. The van der Waals surface area contributed by atoms with Gasteiger partial charge in [0.05, 0.1) is 12.2 Å². The van der Waals surface area contributed by atoms with Crippen LogP contribution >= 0.6 is 0 Å². The molecule has 154 valence electrons. The Bertz CT molecular complexity index is 1060. The summed E-state index contributed by atoms with van der Waals surface area (Å²) in [6.45, 7) is 3.17. The van der Waals surface area contributed by atoms with Gasteiger partial charge < -0.3 is 15.2 Å². The van der Waals surface area contributed by atoms with Crippen LogP contribution in [0.3, 0.4) is 0 Å². The SMILES string of the molecule is Cc1nc(Nc2ccc(C(F)(F)F)cc2)c(-c2noc(=O)[nH]2)c(OCCO)c1C. The fourth-order valence-corrected chi connectivity index (χ4v) is 2.62. The van der Waals surface area contributed by atoms with Crippen molar-refractivity contribution in [2.24, 2.45) is 0 Å². The number of pyridine rings is 1. The summed E-state index contributed by atoms with van der Waals surface area (Å²) < 4.78 is 48.5. The van der Waals surface area contributed by atoms with E-state index in [1.165, 1.54) is 12.1 Å². The Kier molecular flexibility index (Phi) is 5.59. The minimum absolute atomic E-state index is 0.0213. The maximum Gasteiger partial charge on any atom is 0.439 e. The molecule has 0 radical (unpaired) electrons. The number of alkyl halides is 3. The van der Waals surface area contributed by atoms with Crippen molar-refractivity contribution in [1.29, 1.82) is 0 Å². The fourth-order valence-electron chi connectivity index (χ4n) is 2.62. The number of hydrogen-bond donors (Lipinski definition) is 3. The molecule has 2 aromatic heterocycles. The lowest BCUT2D eigenvalue weighted by atomic mass is 10.1. The summed E-state index contributed by atoms with van der Waals surface area (Å²) in [5.41, 5.74) is 0.989. The predicted octanol–water partition coefficient (Wildman–Crippen LogP) is 3.18. The number of aliphatic hydroxyl groups excluding tert-OH is 1. The van der Waals surface area contributed by atoms with Gasteiger partial charge in [0.25, 0.3) is 0 Å². The van der Waals surface area contributed by atoms with E-state index in [2.05, 4.69) is 25.0 Å². The van der Waals surface area contributed by atoms with Crippen molar-refractivity contribution in [1.82, 2.24) is 15.1 Å². The van der Waals surface area contributed by atoms with Gasteiger partial charge in [-0.1, -0.05) is 5.16 Å².